The zero-order valence-electron chi connectivity index (χ0n) is 10.2. The number of furan rings is 2. The Bertz CT molecular complexity index is 670. The largest absolute Gasteiger partial charge is 0.469 e. The van der Waals surface area contributed by atoms with Crippen molar-refractivity contribution in [1.82, 2.24) is 0 Å². The number of halogens is 1. The Kier molecular flexibility index (Phi) is 3.09. The molecule has 2 aromatic heterocycles. The SMILES string of the molecule is OC(CCc1ccco1)c1cc2cc(F)ccc2o1. The number of fused-ring (bicyclic) bond motifs is 1. The smallest absolute Gasteiger partial charge is 0.134 e. The molecule has 98 valence electrons. The van der Waals surface area contributed by atoms with Gasteiger partial charge in [-0.1, -0.05) is 0 Å². The zero-order valence-corrected chi connectivity index (χ0v) is 10.2. The number of hydrogen-bond donors (Lipinski definition) is 1. The first-order valence-corrected chi connectivity index (χ1v) is 6.12. The molecule has 2 heterocycles. The fourth-order valence-corrected chi connectivity index (χ4v) is 2.08. The lowest BCUT2D eigenvalue weighted by molar-refractivity contribution is 0.141. The highest BCUT2D eigenvalue weighted by Gasteiger charge is 2.14. The molecule has 0 aliphatic heterocycles. The lowest BCUT2D eigenvalue weighted by Gasteiger charge is -2.05. The second-order valence-corrected chi connectivity index (χ2v) is 4.46. The van der Waals surface area contributed by atoms with E-state index in [-0.39, 0.29) is 5.82 Å². The quantitative estimate of drug-likeness (QED) is 0.775. The van der Waals surface area contributed by atoms with E-state index in [0.29, 0.717) is 29.6 Å². The minimum atomic E-state index is -0.722. The van der Waals surface area contributed by atoms with Crippen LogP contribution in [-0.2, 0) is 6.42 Å². The molecular formula is C15H13FO3. The summed E-state index contributed by atoms with van der Waals surface area (Å²) in [6, 6.07) is 9.64. The van der Waals surface area contributed by atoms with E-state index in [1.165, 1.54) is 12.1 Å². The Balaban J connectivity index is 1.75. The molecule has 1 unspecified atom stereocenters. The van der Waals surface area contributed by atoms with E-state index >= 15 is 0 Å². The first-order chi connectivity index (χ1) is 9.22. The maximum atomic E-state index is 13.1. The number of hydrogen-bond acceptors (Lipinski definition) is 3. The number of benzene rings is 1. The summed E-state index contributed by atoms with van der Waals surface area (Å²) in [4.78, 5) is 0. The molecule has 0 radical (unpaired) electrons. The number of aliphatic hydroxyl groups excluding tert-OH is 1. The van der Waals surface area contributed by atoms with Crippen molar-refractivity contribution in [3.8, 4) is 0 Å². The van der Waals surface area contributed by atoms with Gasteiger partial charge >= 0.3 is 0 Å². The summed E-state index contributed by atoms with van der Waals surface area (Å²) in [5.74, 6) is 0.957. The van der Waals surface area contributed by atoms with Gasteiger partial charge in [0.15, 0.2) is 0 Å². The summed E-state index contributed by atoms with van der Waals surface area (Å²) >= 11 is 0. The lowest BCUT2D eigenvalue weighted by atomic mass is 10.1. The highest BCUT2D eigenvalue weighted by molar-refractivity contribution is 5.77. The molecule has 3 rings (SSSR count). The van der Waals surface area contributed by atoms with Crippen molar-refractivity contribution < 1.29 is 18.3 Å². The fourth-order valence-electron chi connectivity index (χ4n) is 2.08. The highest BCUT2D eigenvalue weighted by atomic mass is 19.1. The first kappa shape index (κ1) is 12.0. The van der Waals surface area contributed by atoms with Gasteiger partial charge < -0.3 is 13.9 Å². The summed E-state index contributed by atoms with van der Waals surface area (Å²) in [7, 11) is 0. The van der Waals surface area contributed by atoms with Crippen LogP contribution < -0.4 is 0 Å². The Morgan fingerprint density at radius 2 is 2.11 bits per heavy atom. The molecule has 1 N–H and O–H groups in total. The average Bonchev–Trinajstić information content (AvgIpc) is 3.04. The molecule has 1 aromatic carbocycles. The van der Waals surface area contributed by atoms with Crippen LogP contribution in [-0.4, -0.2) is 5.11 Å². The van der Waals surface area contributed by atoms with E-state index in [1.807, 2.05) is 12.1 Å². The maximum absolute atomic E-state index is 13.1. The van der Waals surface area contributed by atoms with Gasteiger partial charge in [0.25, 0.3) is 0 Å². The van der Waals surface area contributed by atoms with Crippen LogP contribution in [0.3, 0.4) is 0 Å². The van der Waals surface area contributed by atoms with Crippen LogP contribution in [0.1, 0.15) is 24.0 Å². The summed E-state index contributed by atoms with van der Waals surface area (Å²) in [5.41, 5.74) is 0.577. The van der Waals surface area contributed by atoms with Crippen LogP contribution in [0.2, 0.25) is 0 Å². The predicted molar refractivity (Wildman–Crippen MR) is 68.2 cm³/mol. The minimum absolute atomic E-state index is 0.315. The van der Waals surface area contributed by atoms with Crippen molar-refractivity contribution in [2.45, 2.75) is 18.9 Å². The van der Waals surface area contributed by atoms with E-state index in [1.54, 1.807) is 18.4 Å². The van der Waals surface area contributed by atoms with Crippen LogP contribution in [0.5, 0.6) is 0 Å². The van der Waals surface area contributed by atoms with Gasteiger partial charge in [0.05, 0.1) is 6.26 Å². The third-order valence-corrected chi connectivity index (χ3v) is 3.07. The third-order valence-electron chi connectivity index (χ3n) is 3.07. The summed E-state index contributed by atoms with van der Waals surface area (Å²) < 4.78 is 23.8. The van der Waals surface area contributed by atoms with Crippen LogP contribution in [0.25, 0.3) is 11.0 Å². The highest BCUT2D eigenvalue weighted by Crippen LogP contribution is 2.27. The molecule has 0 aliphatic carbocycles. The summed E-state index contributed by atoms with van der Waals surface area (Å²) in [6.45, 7) is 0. The molecule has 0 bridgehead atoms. The van der Waals surface area contributed by atoms with Crippen molar-refractivity contribution in [1.29, 1.82) is 0 Å². The van der Waals surface area contributed by atoms with Crippen LogP contribution in [0, 0.1) is 5.82 Å². The van der Waals surface area contributed by atoms with Gasteiger partial charge in [0.1, 0.15) is 29.0 Å². The van der Waals surface area contributed by atoms with Gasteiger partial charge in [-0.2, -0.15) is 0 Å². The average molecular weight is 260 g/mol. The Morgan fingerprint density at radius 3 is 2.89 bits per heavy atom. The Hall–Kier alpha value is -2.07. The van der Waals surface area contributed by atoms with Crippen LogP contribution >= 0.6 is 0 Å². The number of rotatable bonds is 4. The van der Waals surface area contributed by atoms with Gasteiger partial charge in [-0.25, -0.2) is 4.39 Å². The van der Waals surface area contributed by atoms with Gasteiger partial charge in [-0.3, -0.25) is 0 Å². The molecule has 4 heteroatoms. The second-order valence-electron chi connectivity index (χ2n) is 4.46. The van der Waals surface area contributed by atoms with Crippen molar-refractivity contribution in [2.24, 2.45) is 0 Å². The van der Waals surface area contributed by atoms with Gasteiger partial charge in [-0.05, 0) is 42.8 Å². The predicted octanol–water partition coefficient (Wildman–Crippen LogP) is 3.83. The van der Waals surface area contributed by atoms with Gasteiger partial charge in [0.2, 0.25) is 0 Å². The lowest BCUT2D eigenvalue weighted by Crippen LogP contribution is -1.97. The maximum Gasteiger partial charge on any atom is 0.134 e. The fraction of sp³-hybridized carbons (Fsp3) is 0.200. The molecule has 0 saturated heterocycles. The molecule has 1 atom stereocenters. The molecule has 0 aliphatic rings. The van der Waals surface area contributed by atoms with Crippen molar-refractivity contribution in [3.63, 3.8) is 0 Å². The molecule has 0 amide bonds. The summed E-state index contributed by atoms with van der Waals surface area (Å²) in [6.07, 6.45) is 2.00. The van der Waals surface area contributed by atoms with Gasteiger partial charge in [-0.15, -0.1) is 0 Å². The van der Waals surface area contributed by atoms with Gasteiger partial charge in [0, 0.05) is 11.8 Å². The van der Waals surface area contributed by atoms with E-state index in [4.69, 9.17) is 8.83 Å². The van der Waals surface area contributed by atoms with Crippen molar-refractivity contribution in [3.05, 3.63) is 60.0 Å². The minimum Gasteiger partial charge on any atom is -0.469 e. The monoisotopic (exact) mass is 260 g/mol. The number of aryl methyl sites for hydroxylation is 1. The third kappa shape index (κ3) is 2.53. The molecule has 0 fully saturated rings. The molecule has 0 saturated carbocycles. The molecule has 19 heavy (non-hydrogen) atoms. The zero-order chi connectivity index (χ0) is 13.2. The van der Waals surface area contributed by atoms with E-state index in [2.05, 4.69) is 0 Å². The van der Waals surface area contributed by atoms with Crippen molar-refractivity contribution >= 4 is 11.0 Å². The molecule has 3 nitrogen and oxygen atoms in total. The van der Waals surface area contributed by atoms with Crippen molar-refractivity contribution in [2.75, 3.05) is 0 Å². The molecule has 0 spiro atoms. The Morgan fingerprint density at radius 1 is 1.21 bits per heavy atom. The van der Waals surface area contributed by atoms with E-state index in [0.717, 1.165) is 5.76 Å². The first-order valence-electron chi connectivity index (χ1n) is 6.12. The summed E-state index contributed by atoms with van der Waals surface area (Å²) in [5, 5.41) is 10.7. The van der Waals surface area contributed by atoms with E-state index < -0.39 is 6.10 Å². The normalized spacial score (nSPS) is 12.9. The molecular weight excluding hydrogens is 247 g/mol. The topological polar surface area (TPSA) is 46.5 Å². The van der Waals surface area contributed by atoms with Crippen LogP contribution in [0.15, 0.2) is 51.5 Å². The standard InChI is InChI=1S/C15H13FO3/c16-11-3-6-14-10(8-11)9-15(19-14)13(17)5-4-12-2-1-7-18-12/h1-3,6-9,13,17H,4-5H2. The molecule has 3 aromatic rings. The second kappa shape index (κ2) is 4.90. The van der Waals surface area contributed by atoms with Crippen LogP contribution in [0.4, 0.5) is 4.39 Å². The number of aliphatic hydroxyl groups is 1. The van der Waals surface area contributed by atoms with E-state index in [9.17, 15) is 9.50 Å². The Labute approximate surface area is 109 Å².